The van der Waals surface area contributed by atoms with Crippen LogP contribution in [0.25, 0.3) is 0 Å². The van der Waals surface area contributed by atoms with E-state index in [9.17, 15) is 18.0 Å². The molecule has 1 aliphatic rings. The topological polar surface area (TPSA) is 114 Å². The van der Waals surface area contributed by atoms with Gasteiger partial charge >= 0.3 is 0 Å². The number of hydrogen-bond donors (Lipinski definition) is 3. The maximum Gasteiger partial charge on any atom is 0.261 e. The number of carbonyl (C=O) groups excluding carboxylic acids is 2. The van der Waals surface area contributed by atoms with Crippen LogP contribution in [0.1, 0.15) is 46.0 Å². The van der Waals surface area contributed by atoms with Crippen molar-refractivity contribution < 1.29 is 22.7 Å². The van der Waals surface area contributed by atoms with Crippen molar-refractivity contribution in [3.8, 4) is 5.75 Å². The first-order chi connectivity index (χ1) is 16.2. The van der Waals surface area contributed by atoms with Crippen molar-refractivity contribution in [1.29, 1.82) is 0 Å². The number of nitrogens with one attached hydrogen (secondary N) is 3. The molecule has 0 saturated heterocycles. The van der Waals surface area contributed by atoms with Gasteiger partial charge in [0, 0.05) is 17.3 Å². The van der Waals surface area contributed by atoms with Gasteiger partial charge in [0.2, 0.25) is 11.8 Å². The molecule has 2 amide bonds. The molecule has 2 aromatic carbocycles. The summed E-state index contributed by atoms with van der Waals surface area (Å²) in [5, 5.41) is 5.66. The third-order valence-electron chi connectivity index (χ3n) is 5.98. The largest absolute Gasteiger partial charge is 0.497 e. The van der Waals surface area contributed by atoms with Gasteiger partial charge in [0.15, 0.2) is 0 Å². The van der Waals surface area contributed by atoms with Crippen LogP contribution >= 0.6 is 0 Å². The van der Waals surface area contributed by atoms with Gasteiger partial charge in [0.25, 0.3) is 10.0 Å². The lowest BCUT2D eigenvalue weighted by Gasteiger charge is -2.26. The Morgan fingerprint density at radius 3 is 2.26 bits per heavy atom. The highest BCUT2D eigenvalue weighted by Crippen LogP contribution is 2.25. The third kappa shape index (κ3) is 6.72. The van der Waals surface area contributed by atoms with E-state index in [-0.39, 0.29) is 28.5 Å². The van der Waals surface area contributed by atoms with E-state index in [0.717, 1.165) is 32.1 Å². The summed E-state index contributed by atoms with van der Waals surface area (Å²) in [6, 6.07) is 11.8. The lowest BCUT2D eigenvalue weighted by Crippen LogP contribution is -2.49. The molecule has 0 bridgehead atoms. The second-order valence-electron chi connectivity index (χ2n) is 8.92. The van der Waals surface area contributed by atoms with E-state index in [4.69, 9.17) is 4.74 Å². The zero-order valence-corrected chi connectivity index (χ0v) is 20.7. The highest BCUT2D eigenvalue weighted by molar-refractivity contribution is 7.92. The van der Waals surface area contributed by atoms with Crippen molar-refractivity contribution >= 4 is 33.2 Å². The van der Waals surface area contributed by atoms with Crippen LogP contribution in [0.3, 0.4) is 0 Å². The Kier molecular flexibility index (Phi) is 8.55. The minimum atomic E-state index is -3.87. The number of anilines is 2. The van der Waals surface area contributed by atoms with Gasteiger partial charge in [-0.3, -0.25) is 14.3 Å². The van der Waals surface area contributed by atoms with Crippen molar-refractivity contribution in [2.45, 2.75) is 56.9 Å². The van der Waals surface area contributed by atoms with E-state index in [1.54, 1.807) is 36.4 Å². The molecule has 0 aromatic heterocycles. The molecule has 0 heterocycles. The fourth-order valence-corrected chi connectivity index (χ4v) is 5.11. The Hall–Kier alpha value is -3.07. The van der Waals surface area contributed by atoms with Crippen LogP contribution in [0, 0.1) is 11.8 Å². The van der Waals surface area contributed by atoms with Gasteiger partial charge in [0.1, 0.15) is 11.8 Å². The van der Waals surface area contributed by atoms with E-state index >= 15 is 0 Å². The number of benzene rings is 2. The molecule has 3 N–H and O–H groups in total. The SMILES string of the molecule is COc1ccc(NS(=O)(=O)c2cccc(NC(=O)C(NC(=O)C3CCCCC3)C(C)C)c2)cc1. The summed E-state index contributed by atoms with van der Waals surface area (Å²) in [5.74, 6) is -0.0372. The van der Waals surface area contributed by atoms with Gasteiger partial charge in [0.05, 0.1) is 12.0 Å². The van der Waals surface area contributed by atoms with Crippen LogP contribution in [-0.2, 0) is 19.6 Å². The third-order valence-corrected chi connectivity index (χ3v) is 7.36. The Morgan fingerprint density at radius 1 is 0.971 bits per heavy atom. The zero-order chi connectivity index (χ0) is 24.7. The van der Waals surface area contributed by atoms with E-state index in [1.165, 1.54) is 19.2 Å². The fraction of sp³-hybridized carbons (Fsp3) is 0.440. The summed E-state index contributed by atoms with van der Waals surface area (Å²) in [6.07, 6.45) is 4.90. The molecule has 0 aliphatic heterocycles. The van der Waals surface area contributed by atoms with Crippen LogP contribution in [0.15, 0.2) is 53.4 Å². The summed E-state index contributed by atoms with van der Waals surface area (Å²) >= 11 is 0. The first-order valence-corrected chi connectivity index (χ1v) is 13.1. The summed E-state index contributed by atoms with van der Waals surface area (Å²) < 4.78 is 33.3. The normalized spacial score (nSPS) is 15.4. The second-order valence-corrected chi connectivity index (χ2v) is 10.6. The van der Waals surface area contributed by atoms with Gasteiger partial charge in [-0.15, -0.1) is 0 Å². The average Bonchev–Trinajstić information content (AvgIpc) is 2.83. The van der Waals surface area contributed by atoms with Gasteiger partial charge in [-0.1, -0.05) is 39.2 Å². The standard InChI is InChI=1S/C25H33N3O5S/c1-17(2)23(27-24(29)18-8-5-4-6-9-18)25(30)26-20-10-7-11-22(16-20)34(31,32)28-19-12-14-21(33-3)15-13-19/h7,10-18,23,28H,4-6,8-9H2,1-3H3,(H,26,30)(H,27,29). The highest BCUT2D eigenvalue weighted by atomic mass is 32.2. The first kappa shape index (κ1) is 25.6. The van der Waals surface area contributed by atoms with Crippen LogP contribution in [0.4, 0.5) is 11.4 Å². The Bertz CT molecular complexity index is 1090. The first-order valence-electron chi connectivity index (χ1n) is 11.6. The molecular formula is C25H33N3O5S. The quantitative estimate of drug-likeness (QED) is 0.492. The van der Waals surface area contributed by atoms with Crippen molar-refractivity contribution in [1.82, 2.24) is 5.32 Å². The van der Waals surface area contributed by atoms with E-state index < -0.39 is 16.1 Å². The fourth-order valence-electron chi connectivity index (χ4n) is 4.01. The predicted octanol–water partition coefficient (Wildman–Crippen LogP) is 4.16. The molecule has 1 saturated carbocycles. The second kappa shape index (κ2) is 11.4. The molecule has 0 radical (unpaired) electrons. The molecule has 184 valence electrons. The summed E-state index contributed by atoms with van der Waals surface area (Å²) in [4.78, 5) is 25.7. The maximum atomic E-state index is 13.0. The van der Waals surface area contributed by atoms with Crippen molar-refractivity contribution in [3.63, 3.8) is 0 Å². The summed E-state index contributed by atoms with van der Waals surface area (Å²) in [6.45, 7) is 3.73. The number of ether oxygens (including phenoxy) is 1. The van der Waals surface area contributed by atoms with E-state index in [1.807, 2.05) is 13.8 Å². The minimum Gasteiger partial charge on any atom is -0.497 e. The summed E-state index contributed by atoms with van der Waals surface area (Å²) in [5.41, 5.74) is 0.723. The maximum absolute atomic E-state index is 13.0. The summed E-state index contributed by atoms with van der Waals surface area (Å²) in [7, 11) is -2.34. The lowest BCUT2D eigenvalue weighted by atomic mass is 9.88. The Balaban J connectivity index is 1.69. The average molecular weight is 488 g/mol. The van der Waals surface area contributed by atoms with Crippen molar-refractivity contribution in [2.75, 3.05) is 17.1 Å². The van der Waals surface area contributed by atoms with E-state index in [0.29, 0.717) is 17.1 Å². The van der Waals surface area contributed by atoms with Gasteiger partial charge in [-0.2, -0.15) is 0 Å². The number of hydrogen-bond acceptors (Lipinski definition) is 5. The smallest absolute Gasteiger partial charge is 0.261 e. The van der Waals surface area contributed by atoms with Gasteiger partial charge in [-0.05, 0) is 61.2 Å². The Morgan fingerprint density at radius 2 is 1.65 bits per heavy atom. The van der Waals surface area contributed by atoms with Crippen LogP contribution < -0.4 is 20.1 Å². The van der Waals surface area contributed by atoms with Gasteiger partial charge < -0.3 is 15.4 Å². The minimum absolute atomic E-state index is 0.00783. The van der Waals surface area contributed by atoms with Crippen molar-refractivity contribution in [2.24, 2.45) is 11.8 Å². The Labute approximate surface area is 201 Å². The van der Waals surface area contributed by atoms with Crippen LogP contribution in [-0.4, -0.2) is 33.4 Å². The predicted molar refractivity (Wildman–Crippen MR) is 132 cm³/mol. The van der Waals surface area contributed by atoms with Crippen LogP contribution in [0.2, 0.25) is 0 Å². The number of methoxy groups -OCH3 is 1. The molecular weight excluding hydrogens is 454 g/mol. The molecule has 1 atom stereocenters. The lowest BCUT2D eigenvalue weighted by molar-refractivity contribution is -0.130. The molecule has 8 nitrogen and oxygen atoms in total. The molecule has 1 unspecified atom stereocenters. The number of sulfonamides is 1. The van der Waals surface area contributed by atoms with Crippen LogP contribution in [0.5, 0.6) is 5.75 Å². The van der Waals surface area contributed by atoms with Gasteiger partial charge in [-0.25, -0.2) is 8.42 Å². The molecule has 2 aromatic rings. The van der Waals surface area contributed by atoms with Crippen molar-refractivity contribution in [3.05, 3.63) is 48.5 Å². The number of carbonyl (C=O) groups is 2. The molecule has 1 aliphatic carbocycles. The molecule has 1 fully saturated rings. The monoisotopic (exact) mass is 487 g/mol. The molecule has 9 heteroatoms. The molecule has 3 rings (SSSR count). The molecule has 0 spiro atoms. The zero-order valence-electron chi connectivity index (χ0n) is 19.8. The van der Waals surface area contributed by atoms with E-state index in [2.05, 4.69) is 15.4 Å². The molecule has 34 heavy (non-hydrogen) atoms. The highest BCUT2D eigenvalue weighted by Gasteiger charge is 2.29. The number of rotatable bonds is 9. The number of amides is 2.